The number of nitrogens with zero attached hydrogens (tertiary/aromatic N) is 3. The lowest BCUT2D eigenvalue weighted by Crippen LogP contribution is -2.48. The largest absolute Gasteiger partial charge is 0.342 e. The van der Waals surface area contributed by atoms with Gasteiger partial charge in [0, 0.05) is 34.7 Å². The number of allylic oxidation sites excluding steroid dienone is 6. The van der Waals surface area contributed by atoms with E-state index in [0.717, 1.165) is 47.1 Å². The number of halogens is 2. The first kappa shape index (κ1) is 22.0. The van der Waals surface area contributed by atoms with E-state index in [0.29, 0.717) is 5.82 Å². The van der Waals surface area contributed by atoms with E-state index in [1.807, 2.05) is 19.1 Å². The normalized spacial score (nSPS) is 25.4. The number of alkyl halides is 2. The van der Waals surface area contributed by atoms with E-state index in [1.165, 1.54) is 0 Å². The number of rotatable bonds is 5. The number of hydrogen-bond acceptors (Lipinski definition) is 5. The van der Waals surface area contributed by atoms with Crippen LogP contribution < -0.4 is 16.1 Å². The van der Waals surface area contributed by atoms with Crippen LogP contribution in [0.2, 0.25) is 0 Å². The zero-order valence-corrected chi connectivity index (χ0v) is 20.2. The van der Waals surface area contributed by atoms with Gasteiger partial charge in [0.15, 0.2) is 5.82 Å². The molecule has 3 unspecified atom stereocenters. The molecule has 1 fully saturated rings. The fraction of sp³-hybridized carbons (Fsp3) is 0.474. The third kappa shape index (κ3) is 5.46. The Hall–Kier alpha value is -0.700. The van der Waals surface area contributed by atoms with Crippen LogP contribution in [0.5, 0.6) is 0 Å². The van der Waals surface area contributed by atoms with Gasteiger partial charge in [0.25, 0.3) is 0 Å². The Labute approximate surface area is 185 Å². The van der Waals surface area contributed by atoms with E-state index in [-0.39, 0.29) is 9.46 Å². The first-order chi connectivity index (χ1) is 13.3. The molecule has 9 heteroatoms. The summed E-state index contributed by atoms with van der Waals surface area (Å²) < 4.78 is 13.7. The van der Waals surface area contributed by atoms with Crippen LogP contribution in [-0.4, -0.2) is 44.9 Å². The average Bonchev–Trinajstić information content (AvgIpc) is 3.02. The third-order valence-electron chi connectivity index (χ3n) is 4.85. The van der Waals surface area contributed by atoms with Crippen molar-refractivity contribution in [1.29, 1.82) is 0 Å². The highest BCUT2D eigenvalue weighted by Gasteiger charge is 2.27. The van der Waals surface area contributed by atoms with E-state index >= 15 is 0 Å². The summed E-state index contributed by atoms with van der Waals surface area (Å²) in [6.07, 6.45) is 10.0. The van der Waals surface area contributed by atoms with Crippen LogP contribution in [0.3, 0.4) is 0 Å². The number of H-pyrrole nitrogens is 1. The lowest BCUT2D eigenvalue weighted by Gasteiger charge is -2.36. The van der Waals surface area contributed by atoms with E-state index in [1.54, 1.807) is 30.1 Å². The smallest absolute Gasteiger partial charge is 0.205 e. The van der Waals surface area contributed by atoms with Crippen molar-refractivity contribution in [3.8, 4) is 0 Å². The first-order valence-electron chi connectivity index (χ1n) is 9.23. The van der Waals surface area contributed by atoms with E-state index < -0.39 is 6.17 Å². The molecule has 0 spiro atoms. The molecule has 5 nitrogen and oxygen atoms in total. The van der Waals surface area contributed by atoms with Crippen molar-refractivity contribution in [2.45, 2.75) is 42.3 Å². The number of thioether (sulfide) groups is 1. The molecule has 2 heterocycles. The molecule has 1 aliphatic carbocycles. The highest BCUT2D eigenvalue weighted by molar-refractivity contribution is 14.1. The summed E-state index contributed by atoms with van der Waals surface area (Å²) in [5.41, 5.74) is 6.91. The van der Waals surface area contributed by atoms with Gasteiger partial charge >= 0.3 is 0 Å². The molecule has 0 aromatic carbocycles. The van der Waals surface area contributed by atoms with Gasteiger partial charge in [0.2, 0.25) is 5.95 Å². The molecular formula is C19H26FIN5PS. The first-order valence-corrected chi connectivity index (χ1v) is 11.9. The SMILES string of the molecule is C/C=C(\C=N/c1[nH]c(N2CCC(C)(N)CC2)nc1P)SC1=CC=CC(F)C1I. The molecule has 28 heavy (non-hydrogen) atoms. The highest BCUT2D eigenvalue weighted by atomic mass is 127. The summed E-state index contributed by atoms with van der Waals surface area (Å²) >= 11 is 3.70. The fourth-order valence-corrected chi connectivity index (χ4v) is 4.94. The number of piperidine rings is 1. The van der Waals surface area contributed by atoms with Crippen molar-refractivity contribution in [3.63, 3.8) is 0 Å². The minimum absolute atomic E-state index is 0.0932. The van der Waals surface area contributed by atoms with Crippen LogP contribution in [-0.2, 0) is 0 Å². The second kappa shape index (κ2) is 9.41. The molecule has 0 saturated carbocycles. The number of nitrogens with one attached hydrogen (secondary N) is 1. The minimum atomic E-state index is -0.947. The van der Waals surface area contributed by atoms with Crippen molar-refractivity contribution in [1.82, 2.24) is 9.97 Å². The molecule has 1 aliphatic heterocycles. The Morgan fingerprint density at radius 2 is 2.25 bits per heavy atom. The van der Waals surface area contributed by atoms with Gasteiger partial charge in [0.1, 0.15) is 11.6 Å². The van der Waals surface area contributed by atoms with Gasteiger partial charge in [-0.15, -0.1) is 0 Å². The molecule has 1 saturated heterocycles. The van der Waals surface area contributed by atoms with Crippen molar-refractivity contribution in [2.24, 2.45) is 10.7 Å². The summed E-state index contributed by atoms with van der Waals surface area (Å²) in [6, 6.07) is 0. The van der Waals surface area contributed by atoms with Crippen molar-refractivity contribution in [2.75, 3.05) is 18.0 Å². The molecule has 0 amide bonds. The zero-order chi connectivity index (χ0) is 20.3. The highest BCUT2D eigenvalue weighted by Crippen LogP contribution is 2.36. The van der Waals surface area contributed by atoms with Gasteiger partial charge < -0.3 is 15.6 Å². The quantitative estimate of drug-likeness (QED) is 0.258. The monoisotopic (exact) mass is 533 g/mol. The van der Waals surface area contributed by atoms with Crippen molar-refractivity contribution >= 4 is 67.0 Å². The second-order valence-electron chi connectivity index (χ2n) is 7.29. The molecule has 0 radical (unpaired) electrons. The van der Waals surface area contributed by atoms with Crippen LogP contribution in [0.4, 0.5) is 16.2 Å². The van der Waals surface area contributed by atoms with Gasteiger partial charge in [-0.25, -0.2) is 14.4 Å². The Morgan fingerprint density at radius 1 is 1.54 bits per heavy atom. The van der Waals surface area contributed by atoms with E-state index in [2.05, 4.69) is 58.6 Å². The number of aromatic amines is 1. The molecule has 0 bridgehead atoms. The third-order valence-corrected chi connectivity index (χ3v) is 8.24. The summed E-state index contributed by atoms with van der Waals surface area (Å²) in [7, 11) is 2.64. The number of aliphatic imine (C=N–C) groups is 1. The van der Waals surface area contributed by atoms with Crippen molar-refractivity contribution < 1.29 is 4.39 Å². The Morgan fingerprint density at radius 3 is 2.93 bits per heavy atom. The average molecular weight is 533 g/mol. The zero-order valence-electron chi connectivity index (χ0n) is 16.0. The van der Waals surface area contributed by atoms with Crippen LogP contribution in [0.1, 0.15) is 26.7 Å². The van der Waals surface area contributed by atoms with Crippen molar-refractivity contribution in [3.05, 3.63) is 34.1 Å². The predicted octanol–water partition coefficient (Wildman–Crippen LogP) is 4.16. The molecule has 152 valence electrons. The van der Waals surface area contributed by atoms with E-state index in [9.17, 15) is 4.39 Å². The predicted molar refractivity (Wildman–Crippen MR) is 131 cm³/mol. The number of aromatic nitrogens is 2. The van der Waals surface area contributed by atoms with Gasteiger partial charge in [-0.05, 0) is 32.8 Å². The van der Waals surface area contributed by atoms with Gasteiger partial charge in [0.05, 0.1) is 3.92 Å². The maximum atomic E-state index is 13.9. The van der Waals surface area contributed by atoms with Gasteiger partial charge in [-0.2, -0.15) is 0 Å². The number of anilines is 1. The van der Waals surface area contributed by atoms with Gasteiger partial charge in [-0.1, -0.05) is 61.8 Å². The summed E-state index contributed by atoms with van der Waals surface area (Å²) in [6.45, 7) is 5.82. The molecule has 3 rings (SSSR count). The van der Waals surface area contributed by atoms with Crippen LogP contribution in [0.15, 0.2) is 39.1 Å². The molecule has 1 aromatic rings. The fourth-order valence-electron chi connectivity index (χ4n) is 2.96. The number of hydrogen-bond donors (Lipinski definition) is 2. The lowest BCUT2D eigenvalue weighted by molar-refractivity contribution is 0.362. The maximum Gasteiger partial charge on any atom is 0.205 e. The van der Waals surface area contributed by atoms with Crippen LogP contribution >= 0.6 is 43.6 Å². The number of imidazole rings is 1. The molecule has 2 aliphatic rings. The molecule has 3 atom stereocenters. The maximum absolute atomic E-state index is 13.9. The van der Waals surface area contributed by atoms with Crippen LogP contribution in [0.25, 0.3) is 0 Å². The lowest BCUT2D eigenvalue weighted by atomic mass is 9.91. The summed E-state index contributed by atoms with van der Waals surface area (Å²) in [5, 5.41) is 0. The Bertz CT molecular complexity index is 822. The van der Waals surface area contributed by atoms with E-state index in [4.69, 9.17) is 5.73 Å². The summed E-state index contributed by atoms with van der Waals surface area (Å²) in [4.78, 5) is 16.7. The molecule has 3 N–H and O–H groups in total. The molecular weight excluding hydrogens is 507 g/mol. The van der Waals surface area contributed by atoms with Gasteiger partial charge in [-0.3, -0.25) is 0 Å². The number of nitrogens with two attached hydrogens (primary N) is 1. The standard InChI is InChI=1S/C19H26FIN5PS/c1-3-12(28-14-6-4-5-13(20)15(14)21)11-23-16-17(27)25-18(24-16)26-9-7-19(2,22)8-10-26/h3-6,11,13,15H,7-10,22,27H2,1-2H3,(H,24,25)/b12-3+,23-11-. The summed E-state index contributed by atoms with van der Waals surface area (Å²) in [5.74, 6) is 1.54. The Balaban J connectivity index is 1.67. The molecule has 1 aromatic heterocycles. The Kier molecular flexibility index (Phi) is 7.39. The second-order valence-corrected chi connectivity index (χ2v) is 10.3. The van der Waals surface area contributed by atoms with Crippen LogP contribution in [0, 0.1) is 0 Å². The topological polar surface area (TPSA) is 70.3 Å². The minimum Gasteiger partial charge on any atom is -0.342 e.